The summed E-state index contributed by atoms with van der Waals surface area (Å²) in [7, 11) is 0. The molecule has 0 spiro atoms. The van der Waals surface area contributed by atoms with E-state index in [4.69, 9.17) is 20.4 Å². The predicted octanol–water partition coefficient (Wildman–Crippen LogP) is 5.75. The van der Waals surface area contributed by atoms with Crippen LogP contribution in [0.2, 0.25) is 0 Å². The molecule has 10 nitrogen and oxygen atoms in total. The molecule has 226 valence electrons. The lowest BCUT2D eigenvalue weighted by atomic mass is 10.0. The minimum absolute atomic E-state index is 0.110. The van der Waals surface area contributed by atoms with Gasteiger partial charge in [0.15, 0.2) is 11.5 Å². The van der Waals surface area contributed by atoms with Gasteiger partial charge in [0.25, 0.3) is 0 Å². The van der Waals surface area contributed by atoms with Crippen LogP contribution in [0.5, 0.6) is 0 Å². The monoisotopic (exact) mass is 594 g/mol. The van der Waals surface area contributed by atoms with Crippen molar-refractivity contribution >= 4 is 23.1 Å². The number of likely N-dealkylation sites (tertiary alicyclic amines) is 1. The average Bonchev–Trinajstić information content (AvgIpc) is 3.37. The molecule has 0 atom stereocenters. The first kappa shape index (κ1) is 29.2. The molecular weight excluding hydrogens is 559 g/mol. The van der Waals surface area contributed by atoms with Gasteiger partial charge in [-0.1, -0.05) is 12.1 Å². The Bertz CT molecular complexity index is 1770. The number of aromatic nitrogens is 5. The van der Waals surface area contributed by atoms with Crippen molar-refractivity contribution in [1.29, 1.82) is 0 Å². The third-order valence-corrected chi connectivity index (χ3v) is 7.48. The van der Waals surface area contributed by atoms with Crippen molar-refractivity contribution in [3.63, 3.8) is 0 Å². The minimum Gasteiger partial charge on any atom is -0.444 e. The largest absolute Gasteiger partial charge is 0.444 e. The van der Waals surface area contributed by atoms with E-state index in [-0.39, 0.29) is 12.1 Å². The summed E-state index contributed by atoms with van der Waals surface area (Å²) in [5, 5.41) is 3.00. The molecule has 11 heteroatoms. The molecule has 1 fully saturated rings. The number of alkyl carbamates (subject to hydrolysis) is 1. The number of nitrogens with one attached hydrogen (secondary N) is 1. The normalized spacial score (nSPS) is 14.5. The molecule has 5 heterocycles. The maximum atomic E-state index is 13.5. The third-order valence-electron chi connectivity index (χ3n) is 7.48. The number of fused-ring (bicyclic) bond motifs is 1. The first-order valence-corrected chi connectivity index (χ1v) is 14.7. The van der Waals surface area contributed by atoms with Crippen LogP contribution in [-0.4, -0.2) is 60.2 Å². The highest BCUT2D eigenvalue weighted by atomic mass is 19.1. The number of ether oxygens (including phenoxy) is 1. The van der Waals surface area contributed by atoms with E-state index in [9.17, 15) is 9.18 Å². The molecule has 1 aliphatic heterocycles. The number of carbonyl (C=O) groups excluding carboxylic acids is 1. The predicted molar refractivity (Wildman–Crippen MR) is 167 cm³/mol. The number of nitrogen functional groups attached to an aromatic ring is 1. The van der Waals surface area contributed by atoms with Crippen LogP contribution in [0.4, 0.5) is 15.0 Å². The Morgan fingerprint density at radius 3 is 2.43 bits per heavy atom. The summed E-state index contributed by atoms with van der Waals surface area (Å²) >= 11 is 0. The van der Waals surface area contributed by atoms with Gasteiger partial charge < -0.3 is 15.8 Å². The number of halogens is 1. The maximum absolute atomic E-state index is 13.5. The number of amides is 1. The molecule has 1 saturated heterocycles. The van der Waals surface area contributed by atoms with Gasteiger partial charge in [-0.25, -0.2) is 24.1 Å². The van der Waals surface area contributed by atoms with Crippen LogP contribution in [0.3, 0.4) is 0 Å². The van der Waals surface area contributed by atoms with Crippen molar-refractivity contribution in [1.82, 2.24) is 34.7 Å². The lowest BCUT2D eigenvalue weighted by Gasteiger charge is -2.32. The Balaban J connectivity index is 1.24. The van der Waals surface area contributed by atoms with E-state index in [0.29, 0.717) is 39.8 Å². The summed E-state index contributed by atoms with van der Waals surface area (Å²) in [5.41, 5.74) is 11.0. The van der Waals surface area contributed by atoms with Gasteiger partial charge in [-0.3, -0.25) is 14.5 Å². The van der Waals surface area contributed by atoms with Crippen molar-refractivity contribution < 1.29 is 13.9 Å². The van der Waals surface area contributed by atoms with Crippen LogP contribution in [-0.2, 0) is 11.3 Å². The van der Waals surface area contributed by atoms with Gasteiger partial charge in [-0.15, -0.1) is 0 Å². The SMILES string of the molecule is CC(C)(C)OC(=O)NC1CCN(Cc2ccc(-n3c(-c4cccnc4N)nc4ccc(-c5ccc(F)cn5)nc43)cc2)CC1. The van der Waals surface area contributed by atoms with Crippen LogP contribution >= 0.6 is 0 Å². The number of pyridine rings is 3. The third kappa shape index (κ3) is 6.52. The Morgan fingerprint density at radius 2 is 1.75 bits per heavy atom. The van der Waals surface area contributed by atoms with Crippen molar-refractivity contribution in [2.75, 3.05) is 18.8 Å². The molecule has 1 amide bonds. The van der Waals surface area contributed by atoms with Gasteiger partial charge >= 0.3 is 6.09 Å². The summed E-state index contributed by atoms with van der Waals surface area (Å²) in [4.78, 5) is 32.8. The number of rotatable bonds is 6. The topological polar surface area (TPSA) is 124 Å². The molecule has 6 rings (SSSR count). The lowest BCUT2D eigenvalue weighted by molar-refractivity contribution is 0.0477. The van der Waals surface area contributed by atoms with Crippen LogP contribution in [0.15, 0.2) is 73.1 Å². The molecule has 0 unspecified atom stereocenters. The van der Waals surface area contributed by atoms with Gasteiger partial charge in [0, 0.05) is 37.6 Å². The van der Waals surface area contributed by atoms with Crippen LogP contribution in [0.1, 0.15) is 39.2 Å². The molecule has 0 aliphatic carbocycles. The molecule has 4 aromatic heterocycles. The Hall–Kier alpha value is -4.90. The fourth-order valence-corrected chi connectivity index (χ4v) is 5.38. The van der Waals surface area contributed by atoms with E-state index >= 15 is 0 Å². The summed E-state index contributed by atoms with van der Waals surface area (Å²) in [6, 6.07) is 18.8. The summed E-state index contributed by atoms with van der Waals surface area (Å²) < 4.78 is 20.9. The second kappa shape index (κ2) is 12.0. The first-order valence-electron chi connectivity index (χ1n) is 14.7. The number of nitrogens with two attached hydrogens (primary N) is 1. The van der Waals surface area contributed by atoms with E-state index in [1.165, 1.54) is 17.8 Å². The average molecular weight is 595 g/mol. The molecule has 0 saturated carbocycles. The van der Waals surface area contributed by atoms with Gasteiger partial charge in [0.1, 0.15) is 22.8 Å². The van der Waals surface area contributed by atoms with Crippen LogP contribution in [0.25, 0.3) is 39.6 Å². The molecule has 1 aromatic carbocycles. The Morgan fingerprint density at radius 1 is 1.00 bits per heavy atom. The fraction of sp³-hybridized carbons (Fsp3) is 0.303. The van der Waals surface area contributed by atoms with Crippen molar-refractivity contribution in [3.8, 4) is 28.5 Å². The number of piperidine rings is 1. The first-order chi connectivity index (χ1) is 21.1. The highest BCUT2D eigenvalue weighted by molar-refractivity contribution is 5.84. The standard InChI is InChI=1S/C33H35FN8O2/c1-33(2,3)44-32(43)38-23-14-17-41(18-15-23)20-21-6-9-24(10-7-21)42-30(25-5-4-16-36-29(25)35)40-28-13-12-27(39-31(28)42)26-11-8-22(34)19-37-26/h4-13,16,19,23H,14-15,17-18,20H2,1-3H3,(H2,35,36)(H,38,43). The summed E-state index contributed by atoms with van der Waals surface area (Å²) in [6.07, 6.45) is 4.20. The van der Waals surface area contributed by atoms with E-state index in [1.807, 2.05) is 61.7 Å². The molecular formula is C33H35FN8O2. The molecule has 0 radical (unpaired) electrons. The number of benzene rings is 1. The molecule has 44 heavy (non-hydrogen) atoms. The van der Waals surface area contributed by atoms with Gasteiger partial charge in [-0.2, -0.15) is 0 Å². The number of imidazole rings is 1. The van der Waals surface area contributed by atoms with Crippen LogP contribution < -0.4 is 11.1 Å². The second-order valence-electron chi connectivity index (χ2n) is 12.0. The van der Waals surface area contributed by atoms with Gasteiger partial charge in [0.2, 0.25) is 0 Å². The van der Waals surface area contributed by atoms with Crippen LogP contribution in [0, 0.1) is 5.82 Å². The maximum Gasteiger partial charge on any atom is 0.407 e. The van der Waals surface area contributed by atoms with Crippen molar-refractivity contribution in [2.45, 2.75) is 51.8 Å². The van der Waals surface area contributed by atoms with E-state index in [2.05, 4.69) is 32.3 Å². The van der Waals surface area contributed by atoms with Gasteiger partial charge in [-0.05, 0) is 87.7 Å². The highest BCUT2D eigenvalue weighted by Gasteiger charge is 2.24. The number of carbonyl (C=O) groups is 1. The zero-order chi connectivity index (χ0) is 30.8. The summed E-state index contributed by atoms with van der Waals surface area (Å²) in [5.74, 6) is 0.580. The Kier molecular flexibility index (Phi) is 7.96. The van der Waals surface area contributed by atoms with E-state index in [0.717, 1.165) is 38.2 Å². The number of hydrogen-bond donors (Lipinski definition) is 2. The van der Waals surface area contributed by atoms with Crippen molar-refractivity contribution in [2.24, 2.45) is 0 Å². The number of anilines is 1. The number of hydrogen-bond acceptors (Lipinski definition) is 8. The Labute approximate surface area is 255 Å². The highest BCUT2D eigenvalue weighted by Crippen LogP contribution is 2.31. The minimum atomic E-state index is -0.510. The second-order valence-corrected chi connectivity index (χ2v) is 12.0. The molecule has 0 bridgehead atoms. The molecule has 5 aromatic rings. The lowest BCUT2D eigenvalue weighted by Crippen LogP contribution is -2.45. The van der Waals surface area contributed by atoms with Crippen molar-refractivity contribution in [3.05, 3.63) is 84.4 Å². The number of nitrogens with zero attached hydrogens (tertiary/aromatic N) is 6. The quantitative estimate of drug-likeness (QED) is 0.255. The fourth-order valence-electron chi connectivity index (χ4n) is 5.38. The zero-order valence-electron chi connectivity index (χ0n) is 25.0. The molecule has 1 aliphatic rings. The smallest absolute Gasteiger partial charge is 0.407 e. The zero-order valence-corrected chi connectivity index (χ0v) is 25.0. The summed E-state index contributed by atoms with van der Waals surface area (Å²) in [6.45, 7) is 8.15. The van der Waals surface area contributed by atoms with E-state index in [1.54, 1.807) is 12.3 Å². The van der Waals surface area contributed by atoms with Gasteiger partial charge in [0.05, 0.1) is 23.1 Å². The van der Waals surface area contributed by atoms with E-state index < -0.39 is 11.4 Å². The molecule has 3 N–H and O–H groups in total.